The summed E-state index contributed by atoms with van der Waals surface area (Å²) in [6.45, 7) is 1.90. The topological polar surface area (TPSA) is 84.5 Å². The van der Waals surface area contributed by atoms with Crippen molar-refractivity contribution in [2.45, 2.75) is 19.4 Å². The van der Waals surface area contributed by atoms with E-state index in [0.29, 0.717) is 12.5 Å². The summed E-state index contributed by atoms with van der Waals surface area (Å²) < 4.78 is 2.82. The Balaban J connectivity index is 1.38. The van der Waals surface area contributed by atoms with Gasteiger partial charge in [-0.05, 0) is 30.5 Å². The van der Waals surface area contributed by atoms with Crippen LogP contribution >= 0.6 is 0 Å². The van der Waals surface area contributed by atoms with Crippen molar-refractivity contribution in [3.63, 3.8) is 0 Å². The van der Waals surface area contributed by atoms with Gasteiger partial charge >= 0.3 is 5.69 Å². The van der Waals surface area contributed by atoms with Gasteiger partial charge in [0.25, 0.3) is 0 Å². The Bertz CT molecular complexity index is 1180. The first-order chi connectivity index (χ1) is 14.7. The van der Waals surface area contributed by atoms with Crippen molar-refractivity contribution in [3.8, 4) is 5.69 Å². The van der Waals surface area contributed by atoms with Crippen LogP contribution in [-0.4, -0.2) is 45.7 Å². The van der Waals surface area contributed by atoms with E-state index < -0.39 is 0 Å². The third-order valence-electron chi connectivity index (χ3n) is 5.38. The van der Waals surface area contributed by atoms with Crippen LogP contribution in [0.1, 0.15) is 17.5 Å². The van der Waals surface area contributed by atoms with Gasteiger partial charge in [0, 0.05) is 25.2 Å². The third-order valence-corrected chi connectivity index (χ3v) is 5.38. The van der Waals surface area contributed by atoms with Gasteiger partial charge in [-0.1, -0.05) is 42.5 Å². The van der Waals surface area contributed by atoms with Gasteiger partial charge in [-0.25, -0.2) is 14.0 Å². The molecule has 0 aliphatic carbocycles. The zero-order valence-corrected chi connectivity index (χ0v) is 16.5. The maximum atomic E-state index is 13.1. The standard InChI is InChI=1S/C22H22N6O2/c29-19(23-13-11-16-7-2-1-3-8-16)15-27-22(30)28-18-10-5-4-9-17(18)20-24-12-6-14-26(20)21(28)25-27/h1-5,7-10H,6,11-15H2,(H,23,29). The van der Waals surface area contributed by atoms with E-state index in [4.69, 9.17) is 0 Å². The van der Waals surface area contributed by atoms with Crippen molar-refractivity contribution in [2.24, 2.45) is 4.99 Å². The molecule has 5 rings (SSSR count). The number of hydrogen-bond donors (Lipinski definition) is 1. The second-order valence-electron chi connectivity index (χ2n) is 7.39. The number of amidine groups is 1. The van der Waals surface area contributed by atoms with Gasteiger partial charge in [-0.2, -0.15) is 0 Å². The molecule has 1 amide bonds. The minimum Gasteiger partial charge on any atom is -0.354 e. The average Bonchev–Trinajstić information content (AvgIpc) is 3.11. The molecule has 3 aromatic rings. The molecule has 8 nitrogen and oxygen atoms in total. The quantitative estimate of drug-likeness (QED) is 0.699. The summed E-state index contributed by atoms with van der Waals surface area (Å²) in [5.74, 6) is 1.13. The molecule has 0 unspecified atom stereocenters. The van der Waals surface area contributed by atoms with Gasteiger partial charge in [0.15, 0.2) is 0 Å². The Morgan fingerprint density at radius 1 is 1.07 bits per heavy atom. The summed E-state index contributed by atoms with van der Waals surface area (Å²) in [7, 11) is 0. The molecule has 2 aliphatic rings. The molecule has 0 spiro atoms. The highest BCUT2D eigenvalue weighted by Crippen LogP contribution is 2.29. The molecule has 152 valence electrons. The lowest BCUT2D eigenvalue weighted by Crippen LogP contribution is -2.43. The zero-order valence-electron chi connectivity index (χ0n) is 16.5. The van der Waals surface area contributed by atoms with E-state index >= 15 is 0 Å². The normalized spacial score (nSPS) is 14.4. The van der Waals surface area contributed by atoms with Crippen LogP contribution in [0, 0.1) is 0 Å². The van der Waals surface area contributed by atoms with E-state index in [0.717, 1.165) is 48.6 Å². The Kier molecular flexibility index (Phi) is 4.66. The number of para-hydroxylation sites is 1. The Morgan fingerprint density at radius 3 is 2.73 bits per heavy atom. The molecule has 0 fully saturated rings. The monoisotopic (exact) mass is 402 g/mol. The number of amides is 1. The van der Waals surface area contributed by atoms with Crippen LogP contribution in [0.25, 0.3) is 5.69 Å². The van der Waals surface area contributed by atoms with Crippen molar-refractivity contribution in [1.82, 2.24) is 19.7 Å². The lowest BCUT2D eigenvalue weighted by Gasteiger charge is -2.33. The number of benzene rings is 2. The molecule has 2 aromatic carbocycles. The van der Waals surface area contributed by atoms with Gasteiger partial charge in [0.05, 0.1) is 5.69 Å². The summed E-state index contributed by atoms with van der Waals surface area (Å²) in [4.78, 5) is 32.2. The minimum absolute atomic E-state index is 0.115. The predicted octanol–water partition coefficient (Wildman–Crippen LogP) is 1.36. The Labute approximate surface area is 173 Å². The van der Waals surface area contributed by atoms with Crippen molar-refractivity contribution in [1.29, 1.82) is 0 Å². The average molecular weight is 402 g/mol. The van der Waals surface area contributed by atoms with Gasteiger partial charge in [-0.15, -0.1) is 5.10 Å². The predicted molar refractivity (Wildman–Crippen MR) is 114 cm³/mol. The number of hydrogen-bond acceptors (Lipinski definition) is 5. The summed E-state index contributed by atoms with van der Waals surface area (Å²) in [5, 5.41) is 7.37. The summed E-state index contributed by atoms with van der Waals surface area (Å²) in [6, 6.07) is 17.6. The summed E-state index contributed by atoms with van der Waals surface area (Å²) >= 11 is 0. The number of nitrogens with one attached hydrogen (secondary N) is 1. The number of rotatable bonds is 5. The van der Waals surface area contributed by atoms with Crippen LogP contribution in [0.4, 0.5) is 5.95 Å². The molecule has 2 aliphatic heterocycles. The molecule has 0 radical (unpaired) electrons. The van der Waals surface area contributed by atoms with E-state index in [1.54, 1.807) is 4.57 Å². The molecule has 0 saturated carbocycles. The molecule has 1 N–H and O–H groups in total. The van der Waals surface area contributed by atoms with Gasteiger partial charge in [-0.3, -0.25) is 14.7 Å². The molecule has 3 heterocycles. The lowest BCUT2D eigenvalue weighted by atomic mass is 10.1. The van der Waals surface area contributed by atoms with Crippen LogP contribution in [0.2, 0.25) is 0 Å². The van der Waals surface area contributed by atoms with E-state index in [2.05, 4.69) is 15.4 Å². The highest BCUT2D eigenvalue weighted by molar-refractivity contribution is 6.13. The molecule has 0 bridgehead atoms. The molecular formula is C22H22N6O2. The van der Waals surface area contributed by atoms with E-state index in [-0.39, 0.29) is 18.1 Å². The fourth-order valence-corrected chi connectivity index (χ4v) is 3.96. The molecule has 8 heteroatoms. The van der Waals surface area contributed by atoms with Crippen molar-refractivity contribution >= 4 is 17.7 Å². The summed E-state index contributed by atoms with van der Waals surface area (Å²) in [5.41, 5.74) is 2.50. The van der Waals surface area contributed by atoms with Gasteiger partial charge < -0.3 is 5.32 Å². The van der Waals surface area contributed by atoms with Crippen LogP contribution < -0.4 is 15.9 Å². The van der Waals surface area contributed by atoms with E-state index in [1.807, 2.05) is 59.5 Å². The zero-order chi connectivity index (χ0) is 20.5. The fourth-order valence-electron chi connectivity index (χ4n) is 3.96. The Hall–Kier alpha value is -3.68. The first kappa shape index (κ1) is 18.4. The third kappa shape index (κ3) is 3.20. The van der Waals surface area contributed by atoms with Crippen LogP contribution in [0.15, 0.2) is 64.4 Å². The maximum absolute atomic E-state index is 13.1. The number of carbonyl (C=O) groups excluding carboxylic acids is 1. The Morgan fingerprint density at radius 2 is 1.87 bits per heavy atom. The molecule has 0 saturated heterocycles. The van der Waals surface area contributed by atoms with E-state index in [9.17, 15) is 9.59 Å². The highest BCUT2D eigenvalue weighted by Gasteiger charge is 2.33. The lowest BCUT2D eigenvalue weighted by molar-refractivity contribution is -0.121. The second kappa shape index (κ2) is 7.62. The van der Waals surface area contributed by atoms with Crippen molar-refractivity contribution in [2.75, 3.05) is 24.5 Å². The second-order valence-corrected chi connectivity index (χ2v) is 7.39. The number of anilines is 1. The number of carbonyl (C=O) groups is 1. The number of aliphatic imine (C=N–C) groups is 1. The summed E-state index contributed by atoms with van der Waals surface area (Å²) in [6.07, 6.45) is 1.63. The molecule has 0 atom stereocenters. The minimum atomic E-state index is -0.319. The van der Waals surface area contributed by atoms with Crippen LogP contribution in [-0.2, 0) is 17.8 Å². The fraction of sp³-hybridized carbons (Fsp3) is 0.273. The SMILES string of the molecule is O=C(Cn1nc2n(c1=O)-c1ccccc1C1=NCCCN12)NCCc1ccccc1. The maximum Gasteiger partial charge on any atom is 0.352 e. The smallest absolute Gasteiger partial charge is 0.352 e. The van der Waals surface area contributed by atoms with Crippen LogP contribution in [0.5, 0.6) is 0 Å². The highest BCUT2D eigenvalue weighted by atomic mass is 16.2. The number of fused-ring (bicyclic) bond motifs is 6. The van der Waals surface area contributed by atoms with E-state index in [1.165, 1.54) is 4.68 Å². The molecular weight excluding hydrogens is 380 g/mol. The van der Waals surface area contributed by atoms with Gasteiger partial charge in [0.1, 0.15) is 12.4 Å². The number of aromatic nitrogens is 3. The molecule has 30 heavy (non-hydrogen) atoms. The van der Waals surface area contributed by atoms with Gasteiger partial charge in [0.2, 0.25) is 11.9 Å². The number of nitrogens with zero attached hydrogens (tertiary/aromatic N) is 5. The first-order valence-electron chi connectivity index (χ1n) is 10.1. The molecule has 1 aromatic heterocycles. The largest absolute Gasteiger partial charge is 0.354 e. The van der Waals surface area contributed by atoms with Crippen molar-refractivity contribution in [3.05, 3.63) is 76.2 Å². The van der Waals surface area contributed by atoms with Crippen molar-refractivity contribution < 1.29 is 4.79 Å². The first-order valence-corrected chi connectivity index (χ1v) is 10.1. The van der Waals surface area contributed by atoms with Crippen LogP contribution in [0.3, 0.4) is 0 Å².